The van der Waals surface area contributed by atoms with E-state index in [0.29, 0.717) is 24.2 Å². The highest BCUT2D eigenvalue weighted by Gasteiger charge is 2.10. The lowest BCUT2D eigenvalue weighted by atomic mass is 10.1. The summed E-state index contributed by atoms with van der Waals surface area (Å²) >= 11 is 0. The van der Waals surface area contributed by atoms with Gasteiger partial charge in [0.15, 0.2) is 0 Å². The fourth-order valence-electron chi connectivity index (χ4n) is 2.56. The summed E-state index contributed by atoms with van der Waals surface area (Å²) in [5, 5.41) is 15.0. The molecule has 1 heterocycles. The topological polar surface area (TPSA) is 99.9 Å². The third-order valence-corrected chi connectivity index (χ3v) is 4.04. The van der Waals surface area contributed by atoms with E-state index >= 15 is 0 Å². The summed E-state index contributed by atoms with van der Waals surface area (Å²) in [4.78, 5) is 20.7. The molecule has 3 aromatic rings. The van der Waals surface area contributed by atoms with Crippen molar-refractivity contribution in [2.45, 2.75) is 6.42 Å². The fraction of sp³-hybridized carbons (Fsp3) is 0.143. The highest BCUT2D eigenvalue weighted by atomic mass is 16.5. The number of nitrogens with zero attached hydrogens (tertiary/aromatic N) is 3. The van der Waals surface area contributed by atoms with E-state index in [1.54, 1.807) is 37.4 Å². The maximum absolute atomic E-state index is 12.4. The molecule has 0 unspecified atom stereocenters. The van der Waals surface area contributed by atoms with Crippen LogP contribution in [0.2, 0.25) is 0 Å². The van der Waals surface area contributed by atoms with Crippen molar-refractivity contribution in [2.75, 3.05) is 19.0 Å². The van der Waals surface area contributed by atoms with Crippen molar-refractivity contribution in [3.63, 3.8) is 0 Å². The number of anilines is 2. The van der Waals surface area contributed by atoms with Crippen molar-refractivity contribution in [1.82, 2.24) is 15.3 Å². The fourth-order valence-corrected chi connectivity index (χ4v) is 2.56. The number of benzene rings is 2. The zero-order chi connectivity index (χ0) is 19.8. The molecule has 0 aliphatic rings. The lowest BCUT2D eigenvalue weighted by Gasteiger charge is -2.08. The predicted octanol–water partition coefficient (Wildman–Crippen LogP) is 3.07. The van der Waals surface area contributed by atoms with Gasteiger partial charge in [0, 0.05) is 12.7 Å². The Morgan fingerprint density at radius 3 is 2.68 bits per heavy atom. The molecule has 3 rings (SSSR count). The van der Waals surface area contributed by atoms with Gasteiger partial charge in [-0.05, 0) is 42.3 Å². The molecule has 28 heavy (non-hydrogen) atoms. The standard InChI is InChI=1S/C21H19N5O2/c1-28-17-8-6-15(7-9-17)10-12-23-20(27)19-11-13-24-21(26-19)25-18-5-3-2-4-16(18)14-22/h2-9,11,13H,10,12H2,1H3,(H,23,27)(H,24,25,26). The van der Waals surface area contributed by atoms with Crippen LogP contribution in [0.1, 0.15) is 21.6 Å². The number of aromatic nitrogens is 2. The average Bonchev–Trinajstić information content (AvgIpc) is 2.75. The van der Waals surface area contributed by atoms with E-state index in [2.05, 4.69) is 26.7 Å². The van der Waals surface area contributed by atoms with Crippen molar-refractivity contribution in [1.29, 1.82) is 5.26 Å². The zero-order valence-corrected chi connectivity index (χ0v) is 15.3. The van der Waals surface area contributed by atoms with Crippen LogP contribution in [0.15, 0.2) is 60.8 Å². The molecule has 0 saturated carbocycles. The van der Waals surface area contributed by atoms with Gasteiger partial charge in [-0.3, -0.25) is 4.79 Å². The second-order valence-electron chi connectivity index (χ2n) is 5.90. The maximum atomic E-state index is 12.4. The third-order valence-electron chi connectivity index (χ3n) is 4.04. The summed E-state index contributed by atoms with van der Waals surface area (Å²) < 4.78 is 5.13. The van der Waals surface area contributed by atoms with Gasteiger partial charge >= 0.3 is 0 Å². The number of methoxy groups -OCH3 is 1. The predicted molar refractivity (Wildman–Crippen MR) is 106 cm³/mol. The number of hydrogen-bond acceptors (Lipinski definition) is 6. The number of amides is 1. The Morgan fingerprint density at radius 1 is 1.14 bits per heavy atom. The Kier molecular flexibility index (Phi) is 6.16. The second kappa shape index (κ2) is 9.14. The molecule has 0 saturated heterocycles. The molecule has 2 N–H and O–H groups in total. The zero-order valence-electron chi connectivity index (χ0n) is 15.3. The van der Waals surface area contributed by atoms with Crippen LogP contribution in [0.3, 0.4) is 0 Å². The van der Waals surface area contributed by atoms with Crippen LogP contribution < -0.4 is 15.4 Å². The largest absolute Gasteiger partial charge is 0.497 e. The van der Waals surface area contributed by atoms with Crippen LogP contribution in [-0.4, -0.2) is 29.5 Å². The molecule has 0 spiro atoms. The Bertz CT molecular complexity index is 996. The van der Waals surface area contributed by atoms with E-state index in [1.807, 2.05) is 24.3 Å². The number of carbonyl (C=O) groups is 1. The van der Waals surface area contributed by atoms with Gasteiger partial charge in [0.05, 0.1) is 18.4 Å². The highest BCUT2D eigenvalue weighted by molar-refractivity contribution is 5.92. The minimum atomic E-state index is -0.285. The molecular weight excluding hydrogens is 354 g/mol. The van der Waals surface area contributed by atoms with Crippen LogP contribution in [0, 0.1) is 11.3 Å². The van der Waals surface area contributed by atoms with Crippen molar-refractivity contribution in [3.05, 3.63) is 77.6 Å². The molecule has 0 aliphatic heterocycles. The summed E-state index contributed by atoms with van der Waals surface area (Å²) in [6.45, 7) is 0.481. The third kappa shape index (κ3) is 4.83. The Morgan fingerprint density at radius 2 is 1.93 bits per heavy atom. The number of rotatable bonds is 7. The first-order chi connectivity index (χ1) is 13.7. The normalized spacial score (nSPS) is 10.0. The first-order valence-electron chi connectivity index (χ1n) is 8.70. The molecule has 2 aromatic carbocycles. The molecule has 140 valence electrons. The first-order valence-corrected chi connectivity index (χ1v) is 8.70. The number of carbonyl (C=O) groups excluding carboxylic acids is 1. The van der Waals surface area contributed by atoms with E-state index in [0.717, 1.165) is 11.3 Å². The minimum absolute atomic E-state index is 0.252. The van der Waals surface area contributed by atoms with E-state index in [9.17, 15) is 4.79 Å². The lowest BCUT2D eigenvalue weighted by Crippen LogP contribution is -2.26. The molecule has 1 amide bonds. The average molecular weight is 373 g/mol. The molecule has 0 aliphatic carbocycles. The van der Waals surface area contributed by atoms with Gasteiger partial charge in [0.1, 0.15) is 17.5 Å². The maximum Gasteiger partial charge on any atom is 0.270 e. The van der Waals surface area contributed by atoms with Gasteiger partial charge in [-0.1, -0.05) is 24.3 Å². The molecule has 0 atom stereocenters. The van der Waals surface area contributed by atoms with Crippen LogP contribution >= 0.6 is 0 Å². The number of nitrogens with one attached hydrogen (secondary N) is 2. The summed E-state index contributed by atoms with van der Waals surface area (Å²) in [6, 6.07) is 18.4. The molecule has 1 aromatic heterocycles. The van der Waals surface area contributed by atoms with Crippen molar-refractivity contribution >= 4 is 17.5 Å². The van der Waals surface area contributed by atoms with Gasteiger partial charge in [-0.2, -0.15) is 5.26 Å². The summed E-state index contributed by atoms with van der Waals surface area (Å²) in [5.41, 5.74) is 2.41. The van der Waals surface area contributed by atoms with E-state index in [1.165, 1.54) is 6.20 Å². The lowest BCUT2D eigenvalue weighted by molar-refractivity contribution is 0.0949. The number of ether oxygens (including phenoxy) is 1. The highest BCUT2D eigenvalue weighted by Crippen LogP contribution is 2.17. The minimum Gasteiger partial charge on any atom is -0.497 e. The van der Waals surface area contributed by atoms with Gasteiger partial charge in [0.2, 0.25) is 5.95 Å². The quantitative estimate of drug-likeness (QED) is 0.660. The van der Waals surface area contributed by atoms with Crippen molar-refractivity contribution < 1.29 is 9.53 Å². The Hall–Kier alpha value is -3.92. The second-order valence-corrected chi connectivity index (χ2v) is 5.90. The first kappa shape index (κ1) is 18.9. The molecular formula is C21H19N5O2. The van der Waals surface area contributed by atoms with Crippen LogP contribution in [0.5, 0.6) is 5.75 Å². The molecule has 0 bridgehead atoms. The molecule has 7 nitrogen and oxygen atoms in total. The van der Waals surface area contributed by atoms with Crippen molar-refractivity contribution in [3.8, 4) is 11.8 Å². The Balaban J connectivity index is 1.59. The van der Waals surface area contributed by atoms with E-state index in [4.69, 9.17) is 10.00 Å². The van der Waals surface area contributed by atoms with Gasteiger partial charge in [-0.15, -0.1) is 0 Å². The van der Waals surface area contributed by atoms with E-state index < -0.39 is 0 Å². The molecule has 7 heteroatoms. The SMILES string of the molecule is COc1ccc(CCNC(=O)c2ccnc(Nc3ccccc3C#N)n2)cc1. The summed E-state index contributed by atoms with van der Waals surface area (Å²) in [6.07, 6.45) is 2.20. The van der Waals surface area contributed by atoms with Gasteiger partial charge < -0.3 is 15.4 Å². The summed E-state index contributed by atoms with van der Waals surface area (Å²) in [7, 11) is 1.62. The van der Waals surface area contributed by atoms with Crippen LogP contribution in [0.4, 0.5) is 11.6 Å². The summed E-state index contributed by atoms with van der Waals surface area (Å²) in [5.74, 6) is 0.768. The van der Waals surface area contributed by atoms with Crippen LogP contribution in [0.25, 0.3) is 0 Å². The molecule has 0 radical (unpaired) electrons. The van der Waals surface area contributed by atoms with Gasteiger partial charge in [-0.25, -0.2) is 9.97 Å². The number of para-hydroxylation sites is 1. The van der Waals surface area contributed by atoms with Gasteiger partial charge in [0.25, 0.3) is 5.91 Å². The smallest absolute Gasteiger partial charge is 0.270 e. The molecule has 0 fully saturated rings. The monoisotopic (exact) mass is 373 g/mol. The van der Waals surface area contributed by atoms with Crippen LogP contribution in [-0.2, 0) is 6.42 Å². The number of hydrogen-bond donors (Lipinski definition) is 2. The van der Waals surface area contributed by atoms with E-state index in [-0.39, 0.29) is 17.5 Å². The van der Waals surface area contributed by atoms with Crippen molar-refractivity contribution in [2.24, 2.45) is 0 Å². The Labute approximate surface area is 163 Å². The number of nitriles is 1.